The SMILES string of the molecule is O=C([O-])C(F)(F)OC(F)(C(F)(F)F)C(F)(F)OC(F)(C(F)(F)F)C(F)(F)OC(F)(C(F)(F)F)C(F)(F)OC(F)(F)C(F)(Cl)C(F)(F)F.[Na+]. The number of hydrogen-bond donors (Lipinski definition) is 0. The summed E-state index contributed by atoms with van der Waals surface area (Å²) in [5, 5.41) is 2.64. The minimum atomic E-state index is -9.05. The molecule has 0 heterocycles. The first kappa shape index (κ1) is 48.9. The molecule has 0 saturated carbocycles. The molecule has 6 nitrogen and oxygen atoms in total. The summed E-state index contributed by atoms with van der Waals surface area (Å²) in [5.41, 5.74) is 0. The fourth-order valence-corrected chi connectivity index (χ4v) is 2.04. The van der Waals surface area contributed by atoms with Gasteiger partial charge in [0.15, 0.2) is 0 Å². The minimum absolute atomic E-state index is 0. The van der Waals surface area contributed by atoms with Gasteiger partial charge in [-0.25, -0.2) is 9.13 Å². The number of carbonyl (C=O) groups is 1. The molecule has 34 heteroatoms. The van der Waals surface area contributed by atoms with Gasteiger partial charge in [0.05, 0.1) is 0 Å². The predicted molar refractivity (Wildman–Crippen MR) is 79.5 cm³/mol. The summed E-state index contributed by atoms with van der Waals surface area (Å²) in [7, 11) is 0. The number of aliphatic carboxylic acids is 1. The first-order valence-corrected chi connectivity index (χ1v) is 9.77. The van der Waals surface area contributed by atoms with E-state index in [9.17, 15) is 124 Å². The number of carboxylic acids is 1. The molecule has 0 aliphatic carbocycles. The fraction of sp³-hybridized carbons (Fsp3) is 0.929. The minimum Gasteiger partial charge on any atom is -0.542 e. The topological polar surface area (TPSA) is 77.1 Å². The Morgan fingerprint density at radius 1 is 0.396 bits per heavy atom. The van der Waals surface area contributed by atoms with Crippen LogP contribution in [0.5, 0.6) is 0 Å². The maximum atomic E-state index is 14.3. The van der Waals surface area contributed by atoms with E-state index in [-0.39, 0.29) is 29.6 Å². The Bertz CT molecular complexity index is 1150. The number of alkyl halides is 27. The van der Waals surface area contributed by atoms with E-state index in [1.165, 1.54) is 4.74 Å². The monoisotopic (exact) mass is 816 g/mol. The van der Waals surface area contributed by atoms with E-state index in [1.807, 2.05) is 0 Å². The zero-order chi connectivity index (χ0) is 38.9. The van der Waals surface area contributed by atoms with E-state index in [0.717, 1.165) is 14.2 Å². The van der Waals surface area contributed by atoms with E-state index in [2.05, 4.69) is 11.6 Å². The summed E-state index contributed by atoms with van der Waals surface area (Å²) in [4.78, 5) is 9.94. The number of rotatable bonds is 13. The third-order valence-electron chi connectivity index (χ3n) is 4.24. The molecule has 0 bridgehead atoms. The van der Waals surface area contributed by atoms with Gasteiger partial charge in [0.2, 0.25) is 0 Å². The van der Waals surface area contributed by atoms with Gasteiger partial charge in [0.25, 0.3) is 0 Å². The van der Waals surface area contributed by atoms with Gasteiger partial charge < -0.3 is 9.90 Å². The number of halogens is 27. The summed E-state index contributed by atoms with van der Waals surface area (Å²) in [6.07, 6.45) is -74.8. The smallest absolute Gasteiger partial charge is 0.542 e. The zero-order valence-corrected chi connectivity index (χ0v) is 23.4. The number of carbonyl (C=O) groups excluding carboxylic acids is 1. The molecule has 0 amide bonds. The second kappa shape index (κ2) is 13.1. The molecule has 4 atom stereocenters. The molecular weight excluding hydrogens is 817 g/mol. The molecule has 4 unspecified atom stereocenters. The average Bonchev–Trinajstić information content (AvgIpc) is 2.73. The van der Waals surface area contributed by atoms with E-state index in [1.54, 1.807) is 0 Å². The van der Waals surface area contributed by atoms with Crippen molar-refractivity contribution in [3.8, 4) is 0 Å². The van der Waals surface area contributed by atoms with Gasteiger partial charge in [-0.1, -0.05) is 11.6 Å². The Kier molecular flexibility index (Phi) is 13.3. The number of carboxylic acid groups (broad SMARTS) is 1. The van der Waals surface area contributed by atoms with Crippen molar-refractivity contribution in [2.75, 3.05) is 0 Å². The first-order valence-electron chi connectivity index (χ1n) is 9.39. The Balaban J connectivity index is 0. The van der Waals surface area contributed by atoms with Gasteiger partial charge in [-0.3, -0.25) is 14.2 Å². The fourth-order valence-electron chi connectivity index (χ4n) is 2.01. The molecule has 0 aromatic heterocycles. The van der Waals surface area contributed by atoms with E-state index >= 15 is 0 Å². The molecule has 0 aliphatic rings. The molecule has 0 aromatic rings. The molecule has 0 rings (SSSR count). The Morgan fingerprint density at radius 2 is 0.625 bits per heavy atom. The predicted octanol–water partition coefficient (Wildman–Crippen LogP) is 3.92. The van der Waals surface area contributed by atoms with Crippen molar-refractivity contribution in [2.24, 2.45) is 0 Å². The average molecular weight is 817 g/mol. The van der Waals surface area contributed by atoms with Crippen molar-refractivity contribution in [1.82, 2.24) is 0 Å². The van der Waals surface area contributed by atoms with Crippen LogP contribution < -0.4 is 34.7 Å². The van der Waals surface area contributed by atoms with E-state index < -0.39 is 83.9 Å². The van der Waals surface area contributed by atoms with Crippen LogP contribution in [0.15, 0.2) is 0 Å². The number of hydrogen-bond acceptors (Lipinski definition) is 6. The van der Waals surface area contributed by atoms with Crippen LogP contribution in [0, 0.1) is 0 Å². The second-order valence-electron chi connectivity index (χ2n) is 7.63. The summed E-state index contributed by atoms with van der Waals surface area (Å²) >= 11 is 3.42. The molecule has 48 heavy (non-hydrogen) atoms. The molecule has 282 valence electrons. The van der Waals surface area contributed by atoms with Crippen LogP contribution in [0.2, 0.25) is 0 Å². The maximum absolute atomic E-state index is 14.3. The Morgan fingerprint density at radius 3 is 0.833 bits per heavy atom. The normalized spacial score (nSPS) is 20.1. The maximum Gasteiger partial charge on any atom is 1.00 e. The summed E-state index contributed by atoms with van der Waals surface area (Å²) in [5.74, 6) is -30.9. The largest absolute Gasteiger partial charge is 1.00 e. The summed E-state index contributed by atoms with van der Waals surface area (Å²) < 4.78 is 348. The van der Waals surface area contributed by atoms with Crippen LogP contribution in [-0.2, 0) is 23.7 Å². The van der Waals surface area contributed by atoms with Crippen molar-refractivity contribution in [1.29, 1.82) is 0 Å². The van der Waals surface area contributed by atoms with Crippen LogP contribution in [0.4, 0.5) is 114 Å². The van der Waals surface area contributed by atoms with Gasteiger partial charge in [0.1, 0.15) is 5.97 Å². The van der Waals surface area contributed by atoms with Gasteiger partial charge in [0, 0.05) is 0 Å². The van der Waals surface area contributed by atoms with Crippen molar-refractivity contribution < 1.29 is 173 Å². The van der Waals surface area contributed by atoms with Crippen molar-refractivity contribution >= 4 is 17.6 Å². The van der Waals surface area contributed by atoms with Crippen LogP contribution in [0.25, 0.3) is 0 Å². The number of ether oxygens (including phenoxy) is 4. The van der Waals surface area contributed by atoms with Crippen LogP contribution >= 0.6 is 11.6 Å². The van der Waals surface area contributed by atoms with E-state index in [0.29, 0.717) is 0 Å². The van der Waals surface area contributed by atoms with Gasteiger partial charge in [-0.15, -0.1) is 0 Å². The Labute approximate surface area is 268 Å². The third kappa shape index (κ3) is 8.45. The third-order valence-corrected chi connectivity index (χ3v) is 4.67. The summed E-state index contributed by atoms with van der Waals surface area (Å²) in [6, 6.07) is 0. The molecule has 0 N–H and O–H groups in total. The van der Waals surface area contributed by atoms with E-state index in [4.69, 9.17) is 0 Å². The molecular formula is C14ClF26NaO6. The van der Waals surface area contributed by atoms with Crippen molar-refractivity contribution in [2.45, 2.75) is 77.9 Å². The van der Waals surface area contributed by atoms with Gasteiger partial charge >= 0.3 is 107 Å². The molecule has 0 fully saturated rings. The van der Waals surface area contributed by atoms with Crippen LogP contribution in [0.3, 0.4) is 0 Å². The molecule has 0 aliphatic heterocycles. The molecule has 0 aromatic carbocycles. The molecule has 0 saturated heterocycles. The van der Waals surface area contributed by atoms with Gasteiger partial charge in [-0.2, -0.15) is 110 Å². The quantitative estimate of drug-likeness (QED) is 0.160. The van der Waals surface area contributed by atoms with Crippen molar-refractivity contribution in [3.05, 3.63) is 0 Å². The first-order chi connectivity index (χ1) is 19.8. The van der Waals surface area contributed by atoms with Crippen LogP contribution in [0.1, 0.15) is 0 Å². The zero-order valence-electron chi connectivity index (χ0n) is 20.7. The molecule has 0 spiro atoms. The molecule has 0 radical (unpaired) electrons. The Hall–Kier alpha value is -1.22. The van der Waals surface area contributed by atoms with Crippen molar-refractivity contribution in [3.63, 3.8) is 0 Å². The van der Waals surface area contributed by atoms with Gasteiger partial charge in [-0.05, 0) is 0 Å². The summed E-state index contributed by atoms with van der Waals surface area (Å²) in [6.45, 7) is 0. The standard InChI is InChI=1S/C14HClF26O6.Na/c15-3(18,7(22,23)24)11(34,35)47-14(40,41)6(21,10(31,32)33)46-13(38,39)5(20,9(28,29)30)45-12(36,37)4(19,8(25,26)27)44-2(16,17)1(42)43;/h(H,42,43);/q;+1/p-1. The second-order valence-corrected chi connectivity index (χ2v) is 8.15. The van der Waals surface area contributed by atoms with Crippen LogP contribution in [-0.4, -0.2) is 83.9 Å².